The lowest BCUT2D eigenvalue weighted by molar-refractivity contribution is -0.118. The van der Waals surface area contributed by atoms with Crippen molar-refractivity contribution in [2.24, 2.45) is 0 Å². The molecular weight excluding hydrogens is 358 g/mol. The highest BCUT2D eigenvalue weighted by Crippen LogP contribution is 2.26. The van der Waals surface area contributed by atoms with Crippen LogP contribution in [0.25, 0.3) is 10.8 Å². The number of para-hydroxylation sites is 1. The molecule has 3 aromatic rings. The molecule has 1 N–H and O–H groups in total. The molecule has 0 aliphatic carbocycles. The molecule has 2 aromatic heterocycles. The van der Waals surface area contributed by atoms with Crippen LogP contribution in [0.15, 0.2) is 51.4 Å². The Kier molecular flexibility index (Phi) is 6.08. The van der Waals surface area contributed by atoms with Crippen molar-refractivity contribution >= 4 is 29.0 Å². The molecule has 0 aliphatic rings. The molecule has 0 unspecified atom stereocenters. The molecule has 8 heteroatoms. The first kappa shape index (κ1) is 17.5. The summed E-state index contributed by atoms with van der Waals surface area (Å²) < 4.78 is 10.8. The summed E-state index contributed by atoms with van der Waals surface area (Å²) in [5.74, 6) is 1.47. The molecule has 0 saturated carbocycles. The average molecular weight is 375 g/mol. The number of hydrogen-bond donors (Lipinski definition) is 1. The standard InChI is InChI=1S/C17H17N3O3S2/c1-22-13-6-3-2-5-12(13)8-9-18-15(21)11-25-17-20-19-16(23-17)14-7-4-10-24-14/h2-7,10H,8-9,11H2,1H3,(H,18,21). The van der Waals surface area contributed by atoms with Crippen LogP contribution in [0.4, 0.5) is 0 Å². The Hall–Kier alpha value is -2.32. The molecule has 0 fully saturated rings. The van der Waals surface area contributed by atoms with Crippen molar-refractivity contribution in [3.63, 3.8) is 0 Å². The van der Waals surface area contributed by atoms with Gasteiger partial charge >= 0.3 is 0 Å². The van der Waals surface area contributed by atoms with Gasteiger partial charge < -0.3 is 14.5 Å². The van der Waals surface area contributed by atoms with Crippen LogP contribution >= 0.6 is 23.1 Å². The van der Waals surface area contributed by atoms with Crippen molar-refractivity contribution < 1.29 is 13.9 Å². The zero-order valence-corrected chi connectivity index (χ0v) is 15.2. The summed E-state index contributed by atoms with van der Waals surface area (Å²) in [5, 5.41) is 13.2. The summed E-state index contributed by atoms with van der Waals surface area (Å²) in [5.41, 5.74) is 1.07. The van der Waals surface area contributed by atoms with E-state index >= 15 is 0 Å². The van der Waals surface area contributed by atoms with Crippen LogP contribution in [-0.4, -0.2) is 35.5 Å². The van der Waals surface area contributed by atoms with E-state index in [-0.39, 0.29) is 11.7 Å². The van der Waals surface area contributed by atoms with E-state index in [1.54, 1.807) is 7.11 Å². The Labute approximate surface area is 153 Å². The summed E-state index contributed by atoms with van der Waals surface area (Å²) in [7, 11) is 1.64. The summed E-state index contributed by atoms with van der Waals surface area (Å²) in [6, 6.07) is 11.6. The number of amides is 1. The quantitative estimate of drug-likeness (QED) is 0.609. The number of thiophene rings is 1. The van der Waals surface area contributed by atoms with Gasteiger partial charge in [-0.25, -0.2) is 0 Å². The smallest absolute Gasteiger partial charge is 0.277 e. The fraction of sp³-hybridized carbons (Fsp3) is 0.235. The van der Waals surface area contributed by atoms with Gasteiger partial charge in [-0.15, -0.1) is 21.5 Å². The number of methoxy groups -OCH3 is 1. The number of rotatable bonds is 8. The van der Waals surface area contributed by atoms with Crippen molar-refractivity contribution in [1.82, 2.24) is 15.5 Å². The number of hydrogen-bond acceptors (Lipinski definition) is 7. The average Bonchev–Trinajstić information content (AvgIpc) is 3.32. The predicted molar refractivity (Wildman–Crippen MR) is 98.0 cm³/mol. The Morgan fingerprint density at radius 2 is 2.16 bits per heavy atom. The Bertz CT molecular complexity index is 818. The SMILES string of the molecule is COc1ccccc1CCNC(=O)CSc1nnc(-c2cccs2)o1. The van der Waals surface area contributed by atoms with Crippen LogP contribution in [0, 0.1) is 0 Å². The van der Waals surface area contributed by atoms with E-state index in [1.165, 1.54) is 23.1 Å². The maximum absolute atomic E-state index is 11.9. The molecule has 0 atom stereocenters. The minimum atomic E-state index is -0.0734. The molecule has 0 radical (unpaired) electrons. The van der Waals surface area contributed by atoms with E-state index in [9.17, 15) is 4.79 Å². The van der Waals surface area contributed by atoms with Gasteiger partial charge in [-0.2, -0.15) is 0 Å². The van der Waals surface area contributed by atoms with E-state index in [4.69, 9.17) is 9.15 Å². The van der Waals surface area contributed by atoms with Crippen LogP contribution in [-0.2, 0) is 11.2 Å². The van der Waals surface area contributed by atoms with Crippen molar-refractivity contribution in [1.29, 1.82) is 0 Å². The highest BCUT2D eigenvalue weighted by molar-refractivity contribution is 7.99. The number of benzene rings is 1. The number of carbonyl (C=O) groups is 1. The highest BCUT2D eigenvalue weighted by atomic mass is 32.2. The molecule has 1 aromatic carbocycles. The van der Waals surface area contributed by atoms with Gasteiger partial charge in [0.05, 0.1) is 17.7 Å². The molecule has 3 rings (SSSR count). The fourth-order valence-corrected chi connectivity index (χ4v) is 3.43. The van der Waals surface area contributed by atoms with E-state index < -0.39 is 0 Å². The van der Waals surface area contributed by atoms with Crippen molar-refractivity contribution in [2.45, 2.75) is 11.6 Å². The normalized spacial score (nSPS) is 10.6. The second-order valence-corrected chi connectivity index (χ2v) is 6.93. The van der Waals surface area contributed by atoms with Crippen LogP contribution < -0.4 is 10.1 Å². The van der Waals surface area contributed by atoms with Crippen molar-refractivity contribution in [3.8, 4) is 16.5 Å². The van der Waals surface area contributed by atoms with E-state index in [0.717, 1.165) is 16.2 Å². The predicted octanol–water partition coefficient (Wildman–Crippen LogP) is 3.26. The molecule has 0 bridgehead atoms. The fourth-order valence-electron chi connectivity index (χ4n) is 2.19. The lowest BCUT2D eigenvalue weighted by Gasteiger charge is -2.08. The van der Waals surface area contributed by atoms with Crippen LogP contribution in [0.3, 0.4) is 0 Å². The summed E-state index contributed by atoms with van der Waals surface area (Å²) in [6.07, 6.45) is 0.712. The maximum Gasteiger partial charge on any atom is 0.277 e. The van der Waals surface area contributed by atoms with Gasteiger partial charge in [-0.3, -0.25) is 4.79 Å². The third kappa shape index (κ3) is 4.83. The second kappa shape index (κ2) is 8.68. The van der Waals surface area contributed by atoms with Gasteiger partial charge in [0.15, 0.2) is 0 Å². The first-order valence-electron chi connectivity index (χ1n) is 7.65. The molecule has 0 saturated heterocycles. The third-order valence-electron chi connectivity index (χ3n) is 3.37. The molecule has 130 valence electrons. The zero-order valence-electron chi connectivity index (χ0n) is 13.6. The van der Waals surface area contributed by atoms with E-state index in [1.807, 2.05) is 41.8 Å². The maximum atomic E-state index is 11.9. The molecule has 2 heterocycles. The Morgan fingerprint density at radius 3 is 2.96 bits per heavy atom. The van der Waals surface area contributed by atoms with Gasteiger partial charge in [0.2, 0.25) is 5.91 Å². The topological polar surface area (TPSA) is 77.2 Å². The molecule has 6 nitrogen and oxygen atoms in total. The zero-order chi connectivity index (χ0) is 17.5. The van der Waals surface area contributed by atoms with Crippen LogP contribution in [0.2, 0.25) is 0 Å². The van der Waals surface area contributed by atoms with E-state index in [0.29, 0.717) is 24.1 Å². The largest absolute Gasteiger partial charge is 0.496 e. The number of nitrogens with one attached hydrogen (secondary N) is 1. The van der Waals surface area contributed by atoms with Crippen molar-refractivity contribution in [3.05, 3.63) is 47.3 Å². The first-order chi connectivity index (χ1) is 12.3. The minimum absolute atomic E-state index is 0.0734. The van der Waals surface area contributed by atoms with Crippen LogP contribution in [0.5, 0.6) is 5.75 Å². The Morgan fingerprint density at radius 1 is 1.28 bits per heavy atom. The van der Waals surface area contributed by atoms with Gasteiger partial charge in [0, 0.05) is 6.54 Å². The summed E-state index contributed by atoms with van der Waals surface area (Å²) >= 11 is 2.76. The van der Waals surface area contributed by atoms with Crippen LogP contribution in [0.1, 0.15) is 5.56 Å². The van der Waals surface area contributed by atoms with E-state index in [2.05, 4.69) is 15.5 Å². The van der Waals surface area contributed by atoms with Gasteiger partial charge in [0.1, 0.15) is 5.75 Å². The second-order valence-electron chi connectivity index (χ2n) is 5.05. The third-order valence-corrected chi connectivity index (χ3v) is 5.05. The monoisotopic (exact) mass is 375 g/mol. The summed E-state index contributed by atoms with van der Waals surface area (Å²) in [4.78, 5) is 12.9. The number of ether oxygens (including phenoxy) is 1. The number of aromatic nitrogens is 2. The lowest BCUT2D eigenvalue weighted by Crippen LogP contribution is -2.27. The molecule has 0 aliphatic heterocycles. The summed E-state index contributed by atoms with van der Waals surface area (Å²) in [6.45, 7) is 0.546. The lowest BCUT2D eigenvalue weighted by atomic mass is 10.1. The Balaban J connectivity index is 1.42. The number of nitrogens with zero attached hydrogens (tertiary/aromatic N) is 2. The minimum Gasteiger partial charge on any atom is -0.496 e. The van der Waals surface area contributed by atoms with Crippen molar-refractivity contribution in [2.75, 3.05) is 19.4 Å². The molecule has 1 amide bonds. The molecule has 25 heavy (non-hydrogen) atoms. The van der Waals surface area contributed by atoms with Gasteiger partial charge in [-0.05, 0) is 29.5 Å². The molecular formula is C17H17N3O3S2. The number of carbonyl (C=O) groups excluding carboxylic acids is 1. The molecule has 0 spiro atoms. The highest BCUT2D eigenvalue weighted by Gasteiger charge is 2.11. The number of thioether (sulfide) groups is 1. The van der Waals surface area contributed by atoms with Gasteiger partial charge in [0.25, 0.3) is 11.1 Å². The van der Waals surface area contributed by atoms with Gasteiger partial charge in [-0.1, -0.05) is 36.0 Å². The first-order valence-corrected chi connectivity index (χ1v) is 9.51.